The van der Waals surface area contributed by atoms with Crippen LogP contribution in [0.5, 0.6) is 0 Å². The number of aromatic nitrogens is 3. The van der Waals surface area contributed by atoms with E-state index in [-0.39, 0.29) is 5.91 Å². The number of aryl methyl sites for hydroxylation is 3. The number of carbonyl (C=O) groups excluding carboxylic acids is 1. The van der Waals surface area contributed by atoms with Gasteiger partial charge in [0.2, 0.25) is 0 Å². The van der Waals surface area contributed by atoms with Gasteiger partial charge in [0.1, 0.15) is 17.2 Å². The van der Waals surface area contributed by atoms with E-state index in [2.05, 4.69) is 22.2 Å². The van der Waals surface area contributed by atoms with Gasteiger partial charge in [-0.3, -0.25) is 9.20 Å². The number of nitrogens with zero attached hydrogens (tertiary/aromatic N) is 3. The van der Waals surface area contributed by atoms with Crippen LogP contribution in [0.1, 0.15) is 40.7 Å². The lowest BCUT2D eigenvalue weighted by Gasteiger charge is -2.07. The molecule has 0 aliphatic heterocycles. The maximum atomic E-state index is 12.7. The molecule has 0 saturated heterocycles. The van der Waals surface area contributed by atoms with Gasteiger partial charge in [0, 0.05) is 12.4 Å². The predicted octanol–water partition coefficient (Wildman–Crippen LogP) is 3.55. The minimum atomic E-state index is -0.179. The van der Waals surface area contributed by atoms with Crippen LogP contribution in [0.3, 0.4) is 0 Å². The third kappa shape index (κ3) is 3.08. The second-order valence-corrected chi connectivity index (χ2v) is 5.76. The molecule has 0 unspecified atom stereocenters. The first-order valence-corrected chi connectivity index (χ1v) is 7.80. The van der Waals surface area contributed by atoms with Crippen LogP contribution in [0.25, 0.3) is 5.65 Å². The third-order valence-electron chi connectivity index (χ3n) is 3.71. The summed E-state index contributed by atoms with van der Waals surface area (Å²) in [6.07, 6.45) is 5.34. The number of hydrogen-bond acceptors (Lipinski definition) is 3. The standard InChI is InChI=1S/C18H20N4O/c1-4-5-14-17(22-9-8-12(2)10-16(22)20-14)18(23)21-15-7-6-13(3)11-19-15/h6-11H,4-5H2,1-3H3,(H,19,21,23). The molecule has 5 heteroatoms. The summed E-state index contributed by atoms with van der Waals surface area (Å²) in [7, 11) is 0. The van der Waals surface area contributed by atoms with Crippen LogP contribution in [0.15, 0.2) is 36.7 Å². The SMILES string of the molecule is CCCc1nc2cc(C)ccn2c1C(=O)Nc1ccc(C)cn1. The summed E-state index contributed by atoms with van der Waals surface area (Å²) in [4.78, 5) is 21.6. The average Bonchev–Trinajstić information content (AvgIpc) is 2.87. The highest BCUT2D eigenvalue weighted by molar-refractivity contribution is 6.04. The van der Waals surface area contributed by atoms with E-state index in [0.717, 1.165) is 35.3 Å². The molecule has 5 nitrogen and oxygen atoms in total. The summed E-state index contributed by atoms with van der Waals surface area (Å²) in [5.74, 6) is 0.367. The molecule has 1 amide bonds. The van der Waals surface area contributed by atoms with Gasteiger partial charge < -0.3 is 5.32 Å². The Balaban J connectivity index is 2.00. The second kappa shape index (κ2) is 6.20. The third-order valence-corrected chi connectivity index (χ3v) is 3.71. The fourth-order valence-corrected chi connectivity index (χ4v) is 2.56. The Morgan fingerprint density at radius 2 is 2.04 bits per heavy atom. The molecule has 0 aliphatic carbocycles. The molecule has 3 aromatic heterocycles. The Hall–Kier alpha value is -2.69. The molecular weight excluding hydrogens is 288 g/mol. The highest BCUT2D eigenvalue weighted by Gasteiger charge is 2.19. The van der Waals surface area contributed by atoms with E-state index >= 15 is 0 Å². The maximum absolute atomic E-state index is 12.7. The van der Waals surface area contributed by atoms with E-state index in [1.165, 1.54) is 0 Å². The largest absolute Gasteiger partial charge is 0.305 e. The molecule has 0 aromatic carbocycles. The molecule has 3 heterocycles. The number of amides is 1. The molecule has 0 bridgehead atoms. The molecule has 3 rings (SSSR count). The molecule has 1 N–H and O–H groups in total. The normalized spacial score (nSPS) is 10.9. The van der Waals surface area contributed by atoms with Crippen molar-refractivity contribution >= 4 is 17.4 Å². The lowest BCUT2D eigenvalue weighted by atomic mass is 10.2. The van der Waals surface area contributed by atoms with Crippen molar-refractivity contribution in [3.05, 3.63) is 59.2 Å². The van der Waals surface area contributed by atoms with E-state index in [1.54, 1.807) is 12.3 Å². The van der Waals surface area contributed by atoms with Gasteiger partial charge in [0.15, 0.2) is 0 Å². The van der Waals surface area contributed by atoms with Crippen molar-refractivity contribution in [2.75, 3.05) is 5.32 Å². The highest BCUT2D eigenvalue weighted by Crippen LogP contribution is 2.17. The van der Waals surface area contributed by atoms with Crippen molar-refractivity contribution in [3.8, 4) is 0 Å². The quantitative estimate of drug-likeness (QED) is 0.802. The molecule has 0 atom stereocenters. The molecule has 0 fully saturated rings. The Bertz CT molecular complexity index is 849. The van der Waals surface area contributed by atoms with Crippen LogP contribution in [0.4, 0.5) is 5.82 Å². The van der Waals surface area contributed by atoms with Gasteiger partial charge in [0.25, 0.3) is 5.91 Å². The van der Waals surface area contributed by atoms with Crippen LogP contribution in [0, 0.1) is 13.8 Å². The minimum absolute atomic E-state index is 0.179. The topological polar surface area (TPSA) is 59.3 Å². The number of nitrogens with one attached hydrogen (secondary N) is 1. The summed E-state index contributed by atoms with van der Waals surface area (Å²) in [6, 6.07) is 7.69. The van der Waals surface area contributed by atoms with E-state index < -0.39 is 0 Å². The first-order chi connectivity index (χ1) is 11.1. The van der Waals surface area contributed by atoms with Crippen LogP contribution in [0.2, 0.25) is 0 Å². The molecule has 0 radical (unpaired) electrons. The second-order valence-electron chi connectivity index (χ2n) is 5.76. The summed E-state index contributed by atoms with van der Waals surface area (Å²) >= 11 is 0. The van der Waals surface area contributed by atoms with Gasteiger partial charge in [-0.2, -0.15) is 0 Å². The van der Waals surface area contributed by atoms with E-state index in [4.69, 9.17) is 0 Å². The first kappa shape index (κ1) is 15.2. The first-order valence-electron chi connectivity index (χ1n) is 7.80. The zero-order chi connectivity index (χ0) is 16.4. The van der Waals surface area contributed by atoms with Gasteiger partial charge in [0.05, 0.1) is 5.69 Å². The van der Waals surface area contributed by atoms with Crippen molar-refractivity contribution in [1.29, 1.82) is 0 Å². The van der Waals surface area contributed by atoms with Gasteiger partial charge in [-0.1, -0.05) is 19.4 Å². The molecule has 118 valence electrons. The molecule has 0 spiro atoms. The molecule has 3 aromatic rings. The Kier molecular flexibility index (Phi) is 4.10. The number of carbonyl (C=O) groups is 1. The monoisotopic (exact) mass is 308 g/mol. The van der Waals surface area contributed by atoms with E-state index in [9.17, 15) is 4.79 Å². The number of pyridine rings is 2. The van der Waals surface area contributed by atoms with Gasteiger partial charge in [-0.25, -0.2) is 9.97 Å². The lowest BCUT2D eigenvalue weighted by Crippen LogP contribution is -2.17. The van der Waals surface area contributed by atoms with E-state index in [0.29, 0.717) is 11.5 Å². The Morgan fingerprint density at radius 3 is 2.74 bits per heavy atom. The molecular formula is C18H20N4O. The number of imidazole rings is 1. The summed E-state index contributed by atoms with van der Waals surface area (Å²) in [5.41, 5.74) is 4.39. The van der Waals surface area contributed by atoms with Gasteiger partial charge >= 0.3 is 0 Å². The smallest absolute Gasteiger partial charge is 0.275 e. The number of anilines is 1. The number of fused-ring (bicyclic) bond motifs is 1. The fourth-order valence-electron chi connectivity index (χ4n) is 2.56. The van der Waals surface area contributed by atoms with Crippen LogP contribution in [-0.4, -0.2) is 20.3 Å². The Morgan fingerprint density at radius 1 is 1.22 bits per heavy atom. The van der Waals surface area contributed by atoms with Crippen molar-refractivity contribution in [3.63, 3.8) is 0 Å². The molecule has 0 saturated carbocycles. The van der Waals surface area contributed by atoms with Crippen molar-refractivity contribution in [2.45, 2.75) is 33.6 Å². The fraction of sp³-hybridized carbons (Fsp3) is 0.278. The van der Waals surface area contributed by atoms with E-state index in [1.807, 2.05) is 42.6 Å². The molecule has 23 heavy (non-hydrogen) atoms. The van der Waals surface area contributed by atoms with Crippen molar-refractivity contribution < 1.29 is 4.79 Å². The summed E-state index contributed by atoms with van der Waals surface area (Å²) < 4.78 is 1.85. The van der Waals surface area contributed by atoms with Crippen LogP contribution in [-0.2, 0) is 6.42 Å². The van der Waals surface area contributed by atoms with Crippen LogP contribution >= 0.6 is 0 Å². The predicted molar refractivity (Wildman–Crippen MR) is 90.9 cm³/mol. The van der Waals surface area contributed by atoms with Gasteiger partial charge in [-0.05, 0) is 49.6 Å². The minimum Gasteiger partial charge on any atom is -0.305 e. The lowest BCUT2D eigenvalue weighted by molar-refractivity contribution is 0.102. The summed E-state index contributed by atoms with van der Waals surface area (Å²) in [5, 5.41) is 2.87. The molecule has 0 aliphatic rings. The van der Waals surface area contributed by atoms with Crippen LogP contribution < -0.4 is 5.32 Å². The zero-order valence-corrected chi connectivity index (χ0v) is 13.6. The van der Waals surface area contributed by atoms with Crippen molar-refractivity contribution in [1.82, 2.24) is 14.4 Å². The van der Waals surface area contributed by atoms with Gasteiger partial charge in [-0.15, -0.1) is 0 Å². The average molecular weight is 308 g/mol. The Labute approximate surface area is 135 Å². The highest BCUT2D eigenvalue weighted by atomic mass is 16.2. The van der Waals surface area contributed by atoms with Crippen molar-refractivity contribution in [2.24, 2.45) is 0 Å². The maximum Gasteiger partial charge on any atom is 0.275 e. The summed E-state index contributed by atoms with van der Waals surface area (Å²) in [6.45, 7) is 6.06. The zero-order valence-electron chi connectivity index (χ0n) is 13.6. The number of hydrogen-bond donors (Lipinski definition) is 1. The number of rotatable bonds is 4.